The fraction of sp³-hybridized carbons (Fsp3) is 0.429. The van der Waals surface area contributed by atoms with Gasteiger partial charge in [-0.3, -0.25) is 4.79 Å². The van der Waals surface area contributed by atoms with Gasteiger partial charge in [-0.1, -0.05) is 12.1 Å². The van der Waals surface area contributed by atoms with Crippen LogP contribution in [-0.2, 0) is 0 Å². The molecule has 0 spiro atoms. The van der Waals surface area contributed by atoms with Crippen molar-refractivity contribution in [2.75, 3.05) is 13.1 Å². The van der Waals surface area contributed by atoms with E-state index in [0.717, 1.165) is 37.0 Å². The first kappa shape index (κ1) is 14.8. The maximum Gasteiger partial charge on any atom is 0.304 e. The van der Waals surface area contributed by atoms with Gasteiger partial charge in [0, 0.05) is 13.5 Å². The number of hydrogen-bond donors (Lipinski definition) is 1. The molecular formula is C14H18ClN3O2. The Morgan fingerprint density at radius 1 is 1.45 bits per heavy atom. The largest absolute Gasteiger partial charge is 0.460 e. The van der Waals surface area contributed by atoms with Crippen molar-refractivity contribution < 1.29 is 9.53 Å². The van der Waals surface area contributed by atoms with E-state index in [9.17, 15) is 4.79 Å². The van der Waals surface area contributed by atoms with Crippen molar-refractivity contribution in [1.82, 2.24) is 14.9 Å². The molecule has 20 heavy (non-hydrogen) atoms. The van der Waals surface area contributed by atoms with Crippen LogP contribution in [0.15, 0.2) is 24.3 Å². The minimum absolute atomic E-state index is 0. The van der Waals surface area contributed by atoms with Crippen molar-refractivity contribution in [2.45, 2.75) is 25.9 Å². The number of imidazole rings is 1. The highest BCUT2D eigenvalue weighted by Gasteiger charge is 2.20. The number of nitrogens with zero attached hydrogens (tertiary/aromatic N) is 2. The molecule has 1 aromatic heterocycles. The summed E-state index contributed by atoms with van der Waals surface area (Å²) < 4.78 is 7.45. The second kappa shape index (κ2) is 6.24. The number of nitrogens with one attached hydrogen (secondary N) is 1. The number of ether oxygens (including phenoxy) is 1. The van der Waals surface area contributed by atoms with Crippen molar-refractivity contribution in [1.29, 1.82) is 0 Å². The van der Waals surface area contributed by atoms with Crippen LogP contribution < -0.4 is 10.1 Å². The predicted octanol–water partition coefficient (Wildman–Crippen LogP) is 2.25. The minimum atomic E-state index is -0.0764. The van der Waals surface area contributed by atoms with Gasteiger partial charge in [-0.25, -0.2) is 4.57 Å². The third-order valence-corrected chi connectivity index (χ3v) is 3.37. The molecule has 5 nitrogen and oxygen atoms in total. The van der Waals surface area contributed by atoms with Crippen LogP contribution in [0.4, 0.5) is 0 Å². The zero-order valence-corrected chi connectivity index (χ0v) is 12.2. The second-order valence-electron chi connectivity index (χ2n) is 4.82. The number of carbonyl (C=O) groups is 1. The van der Waals surface area contributed by atoms with Crippen molar-refractivity contribution in [3.8, 4) is 6.01 Å². The van der Waals surface area contributed by atoms with Crippen molar-refractivity contribution in [3.63, 3.8) is 0 Å². The van der Waals surface area contributed by atoms with E-state index in [1.54, 1.807) is 4.57 Å². The van der Waals surface area contributed by atoms with Crippen LogP contribution in [0.25, 0.3) is 11.0 Å². The van der Waals surface area contributed by atoms with Gasteiger partial charge in [0.25, 0.3) is 0 Å². The lowest BCUT2D eigenvalue weighted by atomic mass is 10.1. The van der Waals surface area contributed by atoms with Crippen molar-refractivity contribution >= 4 is 29.3 Å². The van der Waals surface area contributed by atoms with Crippen LogP contribution >= 0.6 is 12.4 Å². The van der Waals surface area contributed by atoms with Gasteiger partial charge in [0.1, 0.15) is 6.10 Å². The average molecular weight is 296 g/mol. The van der Waals surface area contributed by atoms with Gasteiger partial charge in [0.05, 0.1) is 11.0 Å². The monoisotopic (exact) mass is 295 g/mol. The molecule has 1 N–H and O–H groups in total. The zero-order chi connectivity index (χ0) is 13.2. The Labute approximate surface area is 123 Å². The Bertz CT molecular complexity index is 605. The van der Waals surface area contributed by atoms with E-state index >= 15 is 0 Å². The van der Waals surface area contributed by atoms with Gasteiger partial charge in [-0.05, 0) is 31.5 Å². The van der Waals surface area contributed by atoms with Crippen LogP contribution in [0.5, 0.6) is 6.01 Å². The van der Waals surface area contributed by atoms with Gasteiger partial charge >= 0.3 is 6.01 Å². The molecule has 1 aromatic carbocycles. The molecule has 0 bridgehead atoms. The standard InChI is InChI=1S/C14H17N3O2.ClH/c1-10(18)17-13-7-3-2-6-12(13)16-14(17)19-11-5-4-8-15-9-11;/h2-3,6-7,11,15H,4-5,8-9H2,1H3;1H. The topological polar surface area (TPSA) is 56.1 Å². The average Bonchev–Trinajstić information content (AvgIpc) is 2.77. The summed E-state index contributed by atoms with van der Waals surface area (Å²) in [6.07, 6.45) is 2.17. The van der Waals surface area contributed by atoms with E-state index in [0.29, 0.717) is 6.01 Å². The number of benzene rings is 1. The third kappa shape index (κ3) is 2.78. The number of aromatic nitrogens is 2. The number of carbonyl (C=O) groups excluding carboxylic acids is 1. The molecule has 1 fully saturated rings. The van der Waals surface area contributed by atoms with Crippen molar-refractivity contribution in [3.05, 3.63) is 24.3 Å². The Balaban J connectivity index is 0.00000147. The molecule has 0 saturated carbocycles. The summed E-state index contributed by atoms with van der Waals surface area (Å²) in [5.41, 5.74) is 1.59. The molecule has 1 aliphatic heterocycles. The molecule has 1 aliphatic rings. The fourth-order valence-electron chi connectivity index (χ4n) is 2.46. The second-order valence-corrected chi connectivity index (χ2v) is 4.82. The maximum atomic E-state index is 11.8. The summed E-state index contributed by atoms with van der Waals surface area (Å²) in [7, 11) is 0. The number of para-hydroxylation sites is 2. The summed E-state index contributed by atoms with van der Waals surface area (Å²) in [5, 5.41) is 3.29. The molecular weight excluding hydrogens is 278 g/mol. The summed E-state index contributed by atoms with van der Waals surface area (Å²) in [4.78, 5) is 16.2. The molecule has 0 aliphatic carbocycles. The van der Waals surface area contributed by atoms with Crippen LogP contribution in [0.3, 0.4) is 0 Å². The maximum absolute atomic E-state index is 11.8. The van der Waals surface area contributed by atoms with Gasteiger partial charge in [-0.15, -0.1) is 12.4 Å². The van der Waals surface area contributed by atoms with E-state index in [2.05, 4.69) is 10.3 Å². The quantitative estimate of drug-likeness (QED) is 0.923. The lowest BCUT2D eigenvalue weighted by Gasteiger charge is -2.23. The molecule has 3 rings (SSSR count). The molecule has 108 valence electrons. The van der Waals surface area contributed by atoms with Crippen LogP contribution in [0, 0.1) is 0 Å². The van der Waals surface area contributed by atoms with E-state index < -0.39 is 0 Å². The molecule has 6 heteroatoms. The number of hydrogen-bond acceptors (Lipinski definition) is 4. The lowest BCUT2D eigenvalue weighted by Crippen LogP contribution is -2.37. The Kier molecular flexibility index (Phi) is 4.62. The number of piperidine rings is 1. The predicted molar refractivity (Wildman–Crippen MR) is 79.8 cm³/mol. The Morgan fingerprint density at radius 3 is 2.95 bits per heavy atom. The molecule has 2 heterocycles. The van der Waals surface area contributed by atoms with E-state index in [1.165, 1.54) is 6.92 Å². The van der Waals surface area contributed by atoms with E-state index in [-0.39, 0.29) is 24.4 Å². The number of halogens is 1. The smallest absolute Gasteiger partial charge is 0.304 e. The first-order chi connectivity index (χ1) is 9.25. The third-order valence-electron chi connectivity index (χ3n) is 3.37. The molecule has 1 saturated heterocycles. The van der Waals surface area contributed by atoms with Crippen LogP contribution in [0.2, 0.25) is 0 Å². The molecule has 1 unspecified atom stereocenters. The molecule has 1 atom stereocenters. The van der Waals surface area contributed by atoms with Gasteiger partial charge < -0.3 is 10.1 Å². The summed E-state index contributed by atoms with van der Waals surface area (Å²) in [5.74, 6) is -0.0764. The van der Waals surface area contributed by atoms with Gasteiger partial charge in [-0.2, -0.15) is 4.98 Å². The van der Waals surface area contributed by atoms with Gasteiger partial charge in [0.15, 0.2) is 0 Å². The zero-order valence-electron chi connectivity index (χ0n) is 11.3. The van der Waals surface area contributed by atoms with E-state index in [1.807, 2.05) is 24.3 Å². The first-order valence-corrected chi connectivity index (χ1v) is 6.61. The number of fused-ring (bicyclic) bond motifs is 1. The summed E-state index contributed by atoms with van der Waals surface area (Å²) >= 11 is 0. The number of rotatable bonds is 2. The summed E-state index contributed by atoms with van der Waals surface area (Å²) in [6.45, 7) is 3.37. The fourth-order valence-corrected chi connectivity index (χ4v) is 2.46. The SMILES string of the molecule is CC(=O)n1c(OC2CCCNC2)nc2ccccc21.Cl. The van der Waals surface area contributed by atoms with Gasteiger partial charge in [0.2, 0.25) is 5.91 Å². The van der Waals surface area contributed by atoms with Crippen LogP contribution in [-0.4, -0.2) is 34.7 Å². The molecule has 2 aromatic rings. The van der Waals surface area contributed by atoms with E-state index in [4.69, 9.17) is 4.74 Å². The Hall–Kier alpha value is -1.59. The van der Waals surface area contributed by atoms with Crippen LogP contribution in [0.1, 0.15) is 24.6 Å². The minimum Gasteiger partial charge on any atom is -0.460 e. The first-order valence-electron chi connectivity index (χ1n) is 6.61. The molecule has 0 radical (unpaired) electrons. The van der Waals surface area contributed by atoms with Crippen molar-refractivity contribution in [2.24, 2.45) is 0 Å². The summed E-state index contributed by atoms with van der Waals surface area (Å²) in [6, 6.07) is 7.99. The normalized spacial score (nSPS) is 18.6. The highest BCUT2D eigenvalue weighted by atomic mass is 35.5. The molecule has 0 amide bonds. The Morgan fingerprint density at radius 2 is 2.25 bits per heavy atom. The highest BCUT2D eigenvalue weighted by molar-refractivity contribution is 5.90. The highest BCUT2D eigenvalue weighted by Crippen LogP contribution is 2.23. The lowest BCUT2D eigenvalue weighted by molar-refractivity contribution is 0.0903.